The molecule has 1 amide bonds. The number of carbonyl (C=O) groups excluding carboxylic acids is 1. The van der Waals surface area contributed by atoms with Crippen molar-refractivity contribution in [2.45, 2.75) is 55.0 Å². The molecule has 2 aliphatic rings. The molecule has 1 atom stereocenters. The van der Waals surface area contributed by atoms with Crippen molar-refractivity contribution in [2.24, 2.45) is 11.7 Å². The zero-order chi connectivity index (χ0) is 21.4. The Bertz CT molecular complexity index is 873. The van der Waals surface area contributed by atoms with Crippen LogP contribution in [-0.2, 0) is 14.8 Å². The Balaban J connectivity index is 1.55. The van der Waals surface area contributed by atoms with E-state index in [0.29, 0.717) is 31.7 Å². The fourth-order valence-electron chi connectivity index (χ4n) is 3.91. The van der Waals surface area contributed by atoms with Crippen molar-refractivity contribution in [3.8, 4) is 0 Å². The fourth-order valence-corrected chi connectivity index (χ4v) is 5.27. The van der Waals surface area contributed by atoms with Gasteiger partial charge in [-0.15, -0.1) is 0 Å². The van der Waals surface area contributed by atoms with Gasteiger partial charge in [0.2, 0.25) is 15.9 Å². The van der Waals surface area contributed by atoms with Crippen molar-refractivity contribution >= 4 is 15.9 Å². The Morgan fingerprint density at radius 2 is 1.86 bits per heavy atom. The van der Waals surface area contributed by atoms with Gasteiger partial charge in [0.25, 0.3) is 5.92 Å². The molecule has 0 radical (unpaired) electrons. The number of hydrogen-bond donors (Lipinski definition) is 2. The summed E-state index contributed by atoms with van der Waals surface area (Å²) >= 11 is 0. The van der Waals surface area contributed by atoms with Crippen molar-refractivity contribution in [1.29, 1.82) is 0 Å². The summed E-state index contributed by atoms with van der Waals surface area (Å²) in [5, 5.41) is 0. The summed E-state index contributed by atoms with van der Waals surface area (Å²) in [6.07, 6.45) is 1.21. The molecule has 1 aromatic rings. The molecular weight excluding hydrogens is 414 g/mol. The monoisotopic (exact) mass is 437 g/mol. The van der Waals surface area contributed by atoms with Crippen molar-refractivity contribution < 1.29 is 30.8 Å². The normalized spacial score (nSPS) is 25.8. The third kappa shape index (κ3) is 5.07. The number of benzene rings is 1. The summed E-state index contributed by atoms with van der Waals surface area (Å²) in [5.74, 6) is -5.71. The number of nitrogens with one attached hydrogen (secondary N) is 1. The molecular formula is C18H23F4N3O3S. The zero-order valence-corrected chi connectivity index (χ0v) is 16.4. The Labute approximate surface area is 166 Å². The Hall–Kier alpha value is -1.72. The number of nitrogens with two attached hydrogens (primary N) is 1. The average Bonchev–Trinajstić information content (AvgIpc) is 3.00. The van der Waals surface area contributed by atoms with Crippen LogP contribution in [-0.4, -0.2) is 50.3 Å². The van der Waals surface area contributed by atoms with Crippen LogP contribution in [0.3, 0.4) is 0 Å². The average molecular weight is 437 g/mol. The molecule has 1 heterocycles. The number of likely N-dealkylation sites (tertiary alicyclic amines) is 1. The fraction of sp³-hybridized carbons (Fsp3) is 0.611. The standard InChI is InChI=1S/C18H23F4N3O3S/c19-12-3-6-15(14(20)9-12)29(27,28)24-13-4-1-11(2-5-13)16(23)17(26)25-8-7-18(21,22)10-25/h3,6,9,11,13,16,24H,1-2,4-5,7-8,10,23H2/t11?,13?,16-/m0/s1. The summed E-state index contributed by atoms with van der Waals surface area (Å²) in [4.78, 5) is 12.8. The molecule has 1 aliphatic heterocycles. The number of nitrogens with zero attached hydrogens (tertiary/aromatic N) is 1. The molecule has 6 nitrogen and oxygen atoms in total. The van der Waals surface area contributed by atoms with Crippen LogP contribution in [0.5, 0.6) is 0 Å². The topological polar surface area (TPSA) is 92.5 Å². The maximum Gasteiger partial charge on any atom is 0.267 e. The summed E-state index contributed by atoms with van der Waals surface area (Å²) in [6, 6.07) is 0.813. The largest absolute Gasteiger partial charge is 0.335 e. The Morgan fingerprint density at radius 3 is 2.41 bits per heavy atom. The number of halogens is 4. The summed E-state index contributed by atoms with van der Waals surface area (Å²) in [7, 11) is -4.17. The van der Waals surface area contributed by atoms with Gasteiger partial charge in [0.05, 0.1) is 12.6 Å². The summed E-state index contributed by atoms with van der Waals surface area (Å²) in [5.41, 5.74) is 6.00. The van der Waals surface area contributed by atoms with Crippen LogP contribution in [0.1, 0.15) is 32.1 Å². The second-order valence-electron chi connectivity index (χ2n) is 7.70. The highest BCUT2D eigenvalue weighted by molar-refractivity contribution is 7.89. The SMILES string of the molecule is N[C@H](C(=O)N1CCC(F)(F)C1)C1CCC(NS(=O)(=O)c2ccc(F)cc2F)CC1. The molecule has 1 aromatic carbocycles. The molecule has 1 aliphatic carbocycles. The van der Waals surface area contributed by atoms with Gasteiger partial charge >= 0.3 is 0 Å². The molecule has 2 fully saturated rings. The minimum Gasteiger partial charge on any atom is -0.335 e. The van der Waals surface area contributed by atoms with Gasteiger partial charge in [0.1, 0.15) is 16.5 Å². The van der Waals surface area contributed by atoms with Gasteiger partial charge in [-0.2, -0.15) is 0 Å². The van der Waals surface area contributed by atoms with Gasteiger partial charge in [-0.05, 0) is 43.7 Å². The van der Waals surface area contributed by atoms with Crippen molar-refractivity contribution in [1.82, 2.24) is 9.62 Å². The van der Waals surface area contributed by atoms with E-state index in [9.17, 15) is 30.8 Å². The minimum atomic E-state index is -4.17. The van der Waals surface area contributed by atoms with Crippen LogP contribution >= 0.6 is 0 Å². The van der Waals surface area contributed by atoms with Crippen LogP contribution in [0.4, 0.5) is 17.6 Å². The second-order valence-corrected chi connectivity index (χ2v) is 9.38. The third-order valence-electron chi connectivity index (χ3n) is 5.55. The first-order chi connectivity index (χ1) is 13.5. The molecule has 3 rings (SSSR count). The molecule has 0 spiro atoms. The van der Waals surface area contributed by atoms with Gasteiger partial charge in [-0.1, -0.05) is 0 Å². The van der Waals surface area contributed by atoms with Crippen molar-refractivity contribution in [3.63, 3.8) is 0 Å². The number of carbonyl (C=O) groups is 1. The molecule has 0 unspecified atom stereocenters. The number of alkyl halides is 2. The number of hydrogen-bond acceptors (Lipinski definition) is 4. The highest BCUT2D eigenvalue weighted by Gasteiger charge is 2.43. The van der Waals surface area contributed by atoms with Gasteiger partial charge in [-0.25, -0.2) is 30.7 Å². The van der Waals surface area contributed by atoms with Gasteiger partial charge in [0.15, 0.2) is 0 Å². The first kappa shape index (κ1) is 22.0. The highest BCUT2D eigenvalue weighted by atomic mass is 32.2. The van der Waals surface area contributed by atoms with E-state index in [-0.39, 0.29) is 18.9 Å². The lowest BCUT2D eigenvalue weighted by atomic mass is 9.81. The smallest absolute Gasteiger partial charge is 0.267 e. The molecule has 162 valence electrons. The zero-order valence-electron chi connectivity index (χ0n) is 15.6. The number of sulfonamides is 1. The quantitative estimate of drug-likeness (QED) is 0.690. The molecule has 1 saturated heterocycles. The van der Waals surface area contributed by atoms with Gasteiger partial charge in [0, 0.05) is 25.1 Å². The van der Waals surface area contributed by atoms with Gasteiger partial charge < -0.3 is 10.6 Å². The van der Waals surface area contributed by atoms with E-state index in [1.165, 1.54) is 0 Å². The first-order valence-electron chi connectivity index (χ1n) is 9.38. The van der Waals surface area contributed by atoms with E-state index in [1.54, 1.807) is 0 Å². The molecule has 1 saturated carbocycles. The summed E-state index contributed by atoms with van der Waals surface area (Å²) in [6.45, 7) is -0.657. The lowest BCUT2D eigenvalue weighted by Gasteiger charge is -2.33. The van der Waals surface area contributed by atoms with E-state index in [1.807, 2.05) is 0 Å². The highest BCUT2D eigenvalue weighted by Crippen LogP contribution is 2.31. The lowest BCUT2D eigenvalue weighted by molar-refractivity contribution is -0.134. The van der Waals surface area contributed by atoms with Gasteiger partial charge in [-0.3, -0.25) is 4.79 Å². The molecule has 0 bridgehead atoms. The molecule has 11 heteroatoms. The number of rotatable bonds is 5. The molecule has 0 aromatic heterocycles. The van der Waals surface area contributed by atoms with Crippen LogP contribution in [0, 0.1) is 17.6 Å². The van der Waals surface area contributed by atoms with Crippen molar-refractivity contribution in [3.05, 3.63) is 29.8 Å². The van der Waals surface area contributed by atoms with E-state index in [4.69, 9.17) is 5.73 Å². The van der Waals surface area contributed by atoms with Crippen LogP contribution in [0.25, 0.3) is 0 Å². The van der Waals surface area contributed by atoms with Crippen LogP contribution in [0.2, 0.25) is 0 Å². The van der Waals surface area contributed by atoms with E-state index in [0.717, 1.165) is 17.0 Å². The second kappa shape index (κ2) is 8.19. The predicted molar refractivity (Wildman–Crippen MR) is 96.5 cm³/mol. The minimum absolute atomic E-state index is 0.0298. The van der Waals surface area contributed by atoms with Crippen LogP contribution in [0.15, 0.2) is 23.1 Å². The Kier molecular flexibility index (Phi) is 6.21. The maximum absolute atomic E-state index is 13.8. The van der Waals surface area contributed by atoms with E-state index < -0.39 is 57.0 Å². The first-order valence-corrected chi connectivity index (χ1v) is 10.9. The number of amides is 1. The van der Waals surface area contributed by atoms with Crippen molar-refractivity contribution in [2.75, 3.05) is 13.1 Å². The summed E-state index contributed by atoms with van der Waals surface area (Å²) < 4.78 is 80.5. The van der Waals surface area contributed by atoms with E-state index >= 15 is 0 Å². The third-order valence-corrected chi connectivity index (χ3v) is 7.11. The maximum atomic E-state index is 13.8. The predicted octanol–water partition coefficient (Wildman–Crippen LogP) is 2.00. The molecule has 29 heavy (non-hydrogen) atoms. The molecule has 3 N–H and O–H groups in total. The van der Waals surface area contributed by atoms with E-state index in [2.05, 4.69) is 4.72 Å². The Morgan fingerprint density at radius 1 is 1.21 bits per heavy atom. The lowest BCUT2D eigenvalue weighted by Crippen LogP contribution is -2.49. The van der Waals surface area contributed by atoms with Crippen LogP contribution < -0.4 is 10.5 Å².